The van der Waals surface area contributed by atoms with Crippen LogP contribution in [0.4, 0.5) is 11.4 Å². The summed E-state index contributed by atoms with van der Waals surface area (Å²) >= 11 is 0. The van der Waals surface area contributed by atoms with Gasteiger partial charge in [0.05, 0.1) is 17.1 Å². The second kappa shape index (κ2) is 5.46. The zero-order valence-corrected chi connectivity index (χ0v) is 9.51. The van der Waals surface area contributed by atoms with E-state index in [2.05, 4.69) is 0 Å². The van der Waals surface area contributed by atoms with E-state index in [4.69, 9.17) is 5.11 Å². The number of aliphatic hydroxyl groups excluding tert-OH is 1. The summed E-state index contributed by atoms with van der Waals surface area (Å²) in [5.41, 5.74) is 1.57. The van der Waals surface area contributed by atoms with Crippen LogP contribution in [0.1, 0.15) is 12.5 Å². The molecule has 1 aromatic rings. The summed E-state index contributed by atoms with van der Waals surface area (Å²) in [4.78, 5) is 12.3. The molecule has 0 bridgehead atoms. The van der Waals surface area contributed by atoms with Crippen molar-refractivity contribution in [2.45, 2.75) is 13.8 Å². The smallest absolute Gasteiger partial charge is 0.274 e. The standard InChI is InChI=1S/C11H16N2O3/c1-3-12(7-8-14)10-5-4-6-11(9(10)2)13(15)16/h4-6,14H,3,7-8H2,1-2H3. The van der Waals surface area contributed by atoms with Crippen LogP contribution in [0.25, 0.3) is 0 Å². The number of benzene rings is 1. The molecule has 0 aromatic heterocycles. The number of anilines is 1. The summed E-state index contributed by atoms with van der Waals surface area (Å²) in [6.07, 6.45) is 0. The van der Waals surface area contributed by atoms with Crippen LogP contribution in [-0.2, 0) is 0 Å². The maximum absolute atomic E-state index is 10.8. The molecule has 0 aliphatic heterocycles. The molecule has 0 aliphatic carbocycles. The lowest BCUT2D eigenvalue weighted by molar-refractivity contribution is -0.385. The monoisotopic (exact) mass is 224 g/mol. The van der Waals surface area contributed by atoms with Crippen LogP contribution in [0.15, 0.2) is 18.2 Å². The van der Waals surface area contributed by atoms with Crippen LogP contribution in [0.2, 0.25) is 0 Å². The van der Waals surface area contributed by atoms with Crippen molar-refractivity contribution in [3.05, 3.63) is 33.9 Å². The van der Waals surface area contributed by atoms with E-state index in [1.165, 1.54) is 6.07 Å². The molecule has 0 atom stereocenters. The van der Waals surface area contributed by atoms with E-state index in [0.717, 1.165) is 5.69 Å². The van der Waals surface area contributed by atoms with E-state index in [-0.39, 0.29) is 17.2 Å². The normalized spacial score (nSPS) is 10.2. The minimum Gasteiger partial charge on any atom is -0.395 e. The van der Waals surface area contributed by atoms with Gasteiger partial charge >= 0.3 is 0 Å². The fourth-order valence-electron chi connectivity index (χ4n) is 1.72. The predicted molar refractivity (Wildman–Crippen MR) is 62.8 cm³/mol. The minimum absolute atomic E-state index is 0.0377. The van der Waals surface area contributed by atoms with E-state index in [1.54, 1.807) is 13.0 Å². The van der Waals surface area contributed by atoms with Crippen molar-refractivity contribution >= 4 is 11.4 Å². The van der Waals surface area contributed by atoms with E-state index in [0.29, 0.717) is 18.7 Å². The summed E-state index contributed by atoms with van der Waals surface area (Å²) in [6.45, 7) is 4.92. The van der Waals surface area contributed by atoms with Gasteiger partial charge in [-0.2, -0.15) is 0 Å². The van der Waals surface area contributed by atoms with Crippen molar-refractivity contribution < 1.29 is 10.0 Å². The highest BCUT2D eigenvalue weighted by Crippen LogP contribution is 2.27. The van der Waals surface area contributed by atoms with Gasteiger partial charge in [0.15, 0.2) is 0 Å². The maximum Gasteiger partial charge on any atom is 0.274 e. The molecular formula is C11H16N2O3. The molecule has 5 nitrogen and oxygen atoms in total. The lowest BCUT2D eigenvalue weighted by Crippen LogP contribution is -2.26. The fourth-order valence-corrected chi connectivity index (χ4v) is 1.72. The van der Waals surface area contributed by atoms with Crippen LogP contribution in [0.3, 0.4) is 0 Å². The Kier molecular flexibility index (Phi) is 4.25. The largest absolute Gasteiger partial charge is 0.395 e. The van der Waals surface area contributed by atoms with Gasteiger partial charge in [0, 0.05) is 24.8 Å². The molecule has 0 spiro atoms. The van der Waals surface area contributed by atoms with E-state index < -0.39 is 0 Å². The first-order valence-electron chi connectivity index (χ1n) is 5.21. The Morgan fingerprint density at radius 2 is 2.19 bits per heavy atom. The van der Waals surface area contributed by atoms with Gasteiger partial charge in [-0.25, -0.2) is 0 Å². The number of hydrogen-bond acceptors (Lipinski definition) is 4. The van der Waals surface area contributed by atoms with Crippen molar-refractivity contribution in [1.29, 1.82) is 0 Å². The lowest BCUT2D eigenvalue weighted by Gasteiger charge is -2.23. The van der Waals surface area contributed by atoms with Gasteiger partial charge in [0.25, 0.3) is 5.69 Å². The third-order valence-corrected chi connectivity index (χ3v) is 2.57. The van der Waals surface area contributed by atoms with Crippen LogP contribution >= 0.6 is 0 Å². The van der Waals surface area contributed by atoms with E-state index in [1.807, 2.05) is 17.9 Å². The molecule has 88 valence electrons. The van der Waals surface area contributed by atoms with Gasteiger partial charge in [0.1, 0.15) is 0 Å². The van der Waals surface area contributed by atoms with Crippen molar-refractivity contribution in [1.82, 2.24) is 0 Å². The Hall–Kier alpha value is -1.62. The molecule has 0 amide bonds. The molecule has 16 heavy (non-hydrogen) atoms. The molecule has 0 fully saturated rings. The first-order valence-corrected chi connectivity index (χ1v) is 5.21. The Balaban J connectivity index is 3.12. The molecule has 0 radical (unpaired) electrons. The van der Waals surface area contributed by atoms with Gasteiger partial charge in [-0.1, -0.05) is 6.07 Å². The quantitative estimate of drug-likeness (QED) is 0.611. The topological polar surface area (TPSA) is 66.6 Å². The molecule has 1 rings (SSSR count). The van der Waals surface area contributed by atoms with E-state index >= 15 is 0 Å². The van der Waals surface area contributed by atoms with Crippen LogP contribution in [0, 0.1) is 17.0 Å². The first kappa shape index (κ1) is 12.4. The summed E-state index contributed by atoms with van der Waals surface area (Å²) in [5, 5.41) is 19.7. The second-order valence-corrected chi connectivity index (χ2v) is 3.48. The van der Waals surface area contributed by atoms with Crippen molar-refractivity contribution in [3.63, 3.8) is 0 Å². The Morgan fingerprint density at radius 3 is 2.69 bits per heavy atom. The number of nitro benzene ring substituents is 1. The average Bonchev–Trinajstić information content (AvgIpc) is 2.26. The highest BCUT2D eigenvalue weighted by molar-refractivity contribution is 5.61. The van der Waals surface area contributed by atoms with Crippen molar-refractivity contribution in [2.24, 2.45) is 0 Å². The second-order valence-electron chi connectivity index (χ2n) is 3.48. The average molecular weight is 224 g/mol. The highest BCUT2D eigenvalue weighted by atomic mass is 16.6. The van der Waals surface area contributed by atoms with Gasteiger partial charge in [-0.05, 0) is 19.9 Å². The van der Waals surface area contributed by atoms with E-state index in [9.17, 15) is 10.1 Å². The Bertz CT molecular complexity index is 379. The highest BCUT2D eigenvalue weighted by Gasteiger charge is 2.16. The Morgan fingerprint density at radius 1 is 1.50 bits per heavy atom. The SMILES string of the molecule is CCN(CCO)c1cccc([N+](=O)[O-])c1C. The number of rotatable bonds is 5. The Labute approximate surface area is 94.5 Å². The third-order valence-electron chi connectivity index (χ3n) is 2.57. The zero-order valence-electron chi connectivity index (χ0n) is 9.51. The number of aliphatic hydroxyl groups is 1. The van der Waals surface area contributed by atoms with Crippen LogP contribution < -0.4 is 4.90 Å². The van der Waals surface area contributed by atoms with Gasteiger partial charge < -0.3 is 10.0 Å². The molecule has 0 saturated carbocycles. The molecule has 0 unspecified atom stereocenters. The zero-order chi connectivity index (χ0) is 12.1. The predicted octanol–water partition coefficient (Wildman–Crippen LogP) is 1.72. The third kappa shape index (κ3) is 2.49. The summed E-state index contributed by atoms with van der Waals surface area (Å²) in [7, 11) is 0. The van der Waals surface area contributed by atoms with Gasteiger partial charge in [-0.3, -0.25) is 10.1 Å². The molecule has 1 aromatic carbocycles. The number of likely N-dealkylation sites (N-methyl/N-ethyl adjacent to an activating group) is 1. The molecule has 5 heteroatoms. The van der Waals surface area contributed by atoms with Crippen LogP contribution in [0.5, 0.6) is 0 Å². The van der Waals surface area contributed by atoms with Gasteiger partial charge in [-0.15, -0.1) is 0 Å². The summed E-state index contributed by atoms with van der Waals surface area (Å²) < 4.78 is 0. The molecule has 0 aliphatic rings. The summed E-state index contributed by atoms with van der Waals surface area (Å²) in [5.74, 6) is 0. The number of nitrogens with zero attached hydrogens (tertiary/aromatic N) is 2. The molecule has 0 heterocycles. The van der Waals surface area contributed by atoms with Gasteiger partial charge in [0.2, 0.25) is 0 Å². The summed E-state index contributed by atoms with van der Waals surface area (Å²) in [6, 6.07) is 4.99. The fraction of sp³-hybridized carbons (Fsp3) is 0.455. The molecular weight excluding hydrogens is 208 g/mol. The number of hydrogen-bond donors (Lipinski definition) is 1. The minimum atomic E-state index is -0.383. The maximum atomic E-state index is 10.8. The number of nitro groups is 1. The molecule has 1 N–H and O–H groups in total. The molecule has 0 saturated heterocycles. The van der Waals surface area contributed by atoms with Crippen LogP contribution in [-0.4, -0.2) is 29.7 Å². The lowest BCUT2D eigenvalue weighted by atomic mass is 10.1. The van der Waals surface area contributed by atoms with Crippen molar-refractivity contribution in [2.75, 3.05) is 24.6 Å². The van der Waals surface area contributed by atoms with Crippen molar-refractivity contribution in [3.8, 4) is 0 Å². The first-order chi connectivity index (χ1) is 7.61.